The number of carbonyl (C=O) groups is 2. The van der Waals surface area contributed by atoms with E-state index in [1.807, 2.05) is 0 Å². The number of rotatable bonds is 7. The molecule has 1 heterocycles. The maximum atomic E-state index is 13.2. The third-order valence-electron chi connectivity index (χ3n) is 4.89. The highest BCUT2D eigenvalue weighted by atomic mass is 35.5. The number of benzene rings is 3. The molecule has 35 heavy (non-hydrogen) atoms. The number of non-ortho nitro benzene ring substituents is 1. The molecular formula is C24H17Cl2N3O5S. The van der Waals surface area contributed by atoms with Gasteiger partial charge in [-0.1, -0.05) is 59.2 Å². The molecule has 2 amide bonds. The number of thioether (sulfide) groups is 1. The maximum Gasteiger partial charge on any atom is 0.280 e. The summed E-state index contributed by atoms with van der Waals surface area (Å²) in [4.78, 5) is 36.5. The van der Waals surface area contributed by atoms with Crippen molar-refractivity contribution >= 4 is 58.5 Å². The first kappa shape index (κ1) is 24.6. The molecule has 3 aromatic rings. The van der Waals surface area contributed by atoms with Crippen LogP contribution in [0.2, 0.25) is 10.0 Å². The quantitative estimate of drug-likeness (QED) is 0.242. The van der Waals surface area contributed by atoms with Crippen LogP contribution in [0.4, 0.5) is 5.69 Å². The standard InChI is InChI=1S/C24H17Cl2N3O5S/c25-17-5-1-15(2-6-17)13-21-23(31)28(24(35-21)16-3-7-18(26)8-4-16)27-22(30)14-34-20-11-9-19(10-12-20)29(32)33/h1-13,24H,14H2,(H,27,30)/b21-13+. The van der Waals surface area contributed by atoms with Crippen LogP contribution in [-0.2, 0) is 9.59 Å². The Labute approximate surface area is 214 Å². The molecule has 4 rings (SSSR count). The molecule has 1 aliphatic heterocycles. The first-order valence-corrected chi connectivity index (χ1v) is 11.8. The number of halogens is 2. The lowest BCUT2D eigenvalue weighted by Gasteiger charge is -2.24. The summed E-state index contributed by atoms with van der Waals surface area (Å²) in [5.41, 5.74) is 4.08. The number of nitro benzene ring substituents is 1. The van der Waals surface area contributed by atoms with Crippen LogP contribution in [0.15, 0.2) is 77.7 Å². The summed E-state index contributed by atoms with van der Waals surface area (Å²) >= 11 is 13.2. The monoisotopic (exact) mass is 529 g/mol. The zero-order valence-electron chi connectivity index (χ0n) is 17.9. The van der Waals surface area contributed by atoms with Crippen molar-refractivity contribution in [1.29, 1.82) is 0 Å². The zero-order valence-corrected chi connectivity index (χ0v) is 20.2. The zero-order chi connectivity index (χ0) is 24.9. The number of amides is 2. The predicted molar refractivity (Wildman–Crippen MR) is 135 cm³/mol. The van der Waals surface area contributed by atoms with Crippen molar-refractivity contribution in [3.05, 3.63) is 109 Å². The lowest BCUT2D eigenvalue weighted by molar-refractivity contribution is -0.384. The minimum Gasteiger partial charge on any atom is -0.484 e. The number of ether oxygens (including phenoxy) is 1. The minimum atomic E-state index is -0.566. The van der Waals surface area contributed by atoms with Crippen molar-refractivity contribution in [2.75, 3.05) is 6.61 Å². The van der Waals surface area contributed by atoms with E-state index in [-0.39, 0.29) is 17.3 Å². The molecule has 0 aliphatic carbocycles. The van der Waals surface area contributed by atoms with E-state index in [1.165, 1.54) is 41.0 Å². The fourth-order valence-electron chi connectivity index (χ4n) is 3.19. The molecule has 1 N–H and O–H groups in total. The molecule has 11 heteroatoms. The van der Waals surface area contributed by atoms with E-state index < -0.39 is 22.8 Å². The van der Waals surface area contributed by atoms with Gasteiger partial charge in [-0.15, -0.1) is 0 Å². The molecule has 8 nitrogen and oxygen atoms in total. The number of hydrogen-bond acceptors (Lipinski definition) is 6. The molecule has 1 aliphatic rings. The Morgan fingerprint density at radius 1 is 1.03 bits per heavy atom. The van der Waals surface area contributed by atoms with E-state index in [0.717, 1.165) is 11.1 Å². The van der Waals surface area contributed by atoms with E-state index in [2.05, 4.69) is 5.43 Å². The van der Waals surface area contributed by atoms with Crippen LogP contribution >= 0.6 is 35.0 Å². The maximum absolute atomic E-state index is 13.2. The Balaban J connectivity index is 1.50. The molecule has 0 spiro atoms. The Bertz CT molecular complexity index is 1280. The normalized spacial score (nSPS) is 16.4. The van der Waals surface area contributed by atoms with Gasteiger partial charge in [0.05, 0.1) is 9.83 Å². The van der Waals surface area contributed by atoms with Crippen molar-refractivity contribution in [2.45, 2.75) is 5.37 Å². The summed E-state index contributed by atoms with van der Waals surface area (Å²) in [6.07, 6.45) is 1.73. The van der Waals surface area contributed by atoms with Crippen LogP contribution in [0.5, 0.6) is 5.75 Å². The summed E-state index contributed by atoms with van der Waals surface area (Å²) in [7, 11) is 0. The molecule has 0 radical (unpaired) electrons. The molecule has 3 aromatic carbocycles. The first-order chi connectivity index (χ1) is 16.8. The van der Waals surface area contributed by atoms with Gasteiger partial charge in [-0.05, 0) is 53.6 Å². The largest absolute Gasteiger partial charge is 0.484 e. The number of nitrogens with one attached hydrogen (secondary N) is 1. The Morgan fingerprint density at radius 3 is 2.23 bits per heavy atom. The van der Waals surface area contributed by atoms with Crippen LogP contribution in [0.25, 0.3) is 6.08 Å². The molecule has 1 fully saturated rings. The fourth-order valence-corrected chi connectivity index (χ4v) is 4.63. The fraction of sp³-hybridized carbons (Fsp3) is 0.0833. The molecule has 1 saturated heterocycles. The number of carbonyl (C=O) groups excluding carboxylic acids is 2. The van der Waals surface area contributed by atoms with Gasteiger partial charge in [0.2, 0.25) is 0 Å². The number of nitro groups is 1. The highest BCUT2D eigenvalue weighted by Gasteiger charge is 2.38. The highest BCUT2D eigenvalue weighted by Crippen LogP contribution is 2.45. The summed E-state index contributed by atoms with van der Waals surface area (Å²) in [6.45, 7) is -0.393. The van der Waals surface area contributed by atoms with Crippen molar-refractivity contribution in [3.8, 4) is 5.75 Å². The van der Waals surface area contributed by atoms with E-state index >= 15 is 0 Å². The SMILES string of the molecule is O=C(COc1ccc([N+](=O)[O-])cc1)NN1C(=O)/C(=C\c2ccc(Cl)cc2)SC1c1ccc(Cl)cc1. The van der Waals surface area contributed by atoms with Gasteiger partial charge in [0.15, 0.2) is 6.61 Å². The average molecular weight is 530 g/mol. The molecular weight excluding hydrogens is 513 g/mol. The first-order valence-electron chi connectivity index (χ1n) is 10.2. The van der Waals surface area contributed by atoms with Crippen molar-refractivity contribution in [1.82, 2.24) is 10.4 Å². The van der Waals surface area contributed by atoms with E-state index in [9.17, 15) is 19.7 Å². The van der Waals surface area contributed by atoms with Gasteiger partial charge < -0.3 is 4.74 Å². The topological polar surface area (TPSA) is 102 Å². The van der Waals surface area contributed by atoms with Crippen molar-refractivity contribution < 1.29 is 19.2 Å². The van der Waals surface area contributed by atoms with E-state index in [4.69, 9.17) is 27.9 Å². The third kappa shape index (κ3) is 6.13. The van der Waals surface area contributed by atoms with Crippen LogP contribution in [0.1, 0.15) is 16.5 Å². The molecule has 0 aromatic heterocycles. The van der Waals surface area contributed by atoms with Gasteiger partial charge in [0, 0.05) is 22.2 Å². The second-order valence-corrected chi connectivity index (χ2v) is 9.33. The molecule has 1 unspecified atom stereocenters. The summed E-state index contributed by atoms with van der Waals surface area (Å²) in [5, 5.41) is 12.6. The molecule has 0 bridgehead atoms. The van der Waals surface area contributed by atoms with Gasteiger partial charge in [-0.2, -0.15) is 0 Å². The Hall–Kier alpha value is -3.53. The van der Waals surface area contributed by atoms with Gasteiger partial charge in [-0.3, -0.25) is 25.1 Å². The third-order valence-corrected chi connectivity index (χ3v) is 6.64. The summed E-state index contributed by atoms with van der Waals surface area (Å²) in [5.74, 6) is -0.664. The van der Waals surface area contributed by atoms with Crippen LogP contribution < -0.4 is 10.2 Å². The predicted octanol–water partition coefficient (Wildman–Crippen LogP) is 5.63. The van der Waals surface area contributed by atoms with Crippen molar-refractivity contribution in [2.24, 2.45) is 0 Å². The molecule has 178 valence electrons. The van der Waals surface area contributed by atoms with Gasteiger partial charge in [-0.25, -0.2) is 5.01 Å². The lowest BCUT2D eigenvalue weighted by atomic mass is 10.2. The van der Waals surface area contributed by atoms with Crippen molar-refractivity contribution in [3.63, 3.8) is 0 Å². The number of hydrogen-bond donors (Lipinski definition) is 1. The lowest BCUT2D eigenvalue weighted by Crippen LogP contribution is -2.46. The summed E-state index contributed by atoms with van der Waals surface area (Å²) in [6, 6.07) is 19.4. The second kappa shape index (κ2) is 10.8. The van der Waals surface area contributed by atoms with Gasteiger partial charge in [0.1, 0.15) is 11.1 Å². The summed E-state index contributed by atoms with van der Waals surface area (Å²) < 4.78 is 5.41. The van der Waals surface area contributed by atoms with Crippen LogP contribution in [0, 0.1) is 10.1 Å². The van der Waals surface area contributed by atoms with E-state index in [0.29, 0.717) is 15.0 Å². The van der Waals surface area contributed by atoms with Gasteiger partial charge in [0.25, 0.3) is 17.5 Å². The Kier molecular flexibility index (Phi) is 7.60. The number of nitrogens with zero attached hydrogens (tertiary/aromatic N) is 2. The molecule has 0 saturated carbocycles. The Morgan fingerprint density at radius 2 is 1.63 bits per heavy atom. The second-order valence-electron chi connectivity index (χ2n) is 7.33. The van der Waals surface area contributed by atoms with Crippen LogP contribution in [0.3, 0.4) is 0 Å². The number of hydrazine groups is 1. The van der Waals surface area contributed by atoms with E-state index in [1.54, 1.807) is 54.6 Å². The minimum absolute atomic E-state index is 0.0905. The molecule has 1 atom stereocenters. The highest BCUT2D eigenvalue weighted by molar-refractivity contribution is 8.04. The smallest absolute Gasteiger partial charge is 0.280 e. The average Bonchev–Trinajstić information content (AvgIpc) is 3.14. The van der Waals surface area contributed by atoms with Crippen LogP contribution in [-0.4, -0.2) is 28.4 Å². The van der Waals surface area contributed by atoms with Gasteiger partial charge >= 0.3 is 0 Å².